The average Bonchev–Trinajstić information content (AvgIpc) is 2.41. The molecule has 1 aliphatic rings. The Labute approximate surface area is 106 Å². The first-order valence-corrected chi connectivity index (χ1v) is 6.17. The molecule has 0 aromatic heterocycles. The van der Waals surface area contributed by atoms with E-state index in [-0.39, 0.29) is 12.4 Å². The summed E-state index contributed by atoms with van der Waals surface area (Å²) in [4.78, 5) is 2.15. The highest BCUT2D eigenvalue weighted by atomic mass is 19.1. The van der Waals surface area contributed by atoms with E-state index in [1.54, 1.807) is 12.1 Å². The van der Waals surface area contributed by atoms with Gasteiger partial charge in [-0.15, -0.1) is 0 Å². The summed E-state index contributed by atoms with van der Waals surface area (Å²) in [7, 11) is 0. The van der Waals surface area contributed by atoms with Crippen molar-refractivity contribution in [1.29, 1.82) is 0 Å². The predicted molar refractivity (Wildman–Crippen MR) is 66.5 cm³/mol. The van der Waals surface area contributed by atoms with Gasteiger partial charge in [0.15, 0.2) is 0 Å². The third-order valence-corrected chi connectivity index (χ3v) is 3.18. The van der Waals surface area contributed by atoms with Gasteiger partial charge in [0.05, 0.1) is 19.3 Å². The van der Waals surface area contributed by atoms with Crippen molar-refractivity contribution in [3.05, 3.63) is 35.1 Å². The van der Waals surface area contributed by atoms with Gasteiger partial charge in [0.2, 0.25) is 0 Å². The number of ether oxygens (including phenoxy) is 1. The molecule has 4 nitrogen and oxygen atoms in total. The lowest BCUT2D eigenvalue weighted by Gasteiger charge is -2.26. The maximum absolute atomic E-state index is 13.9. The first-order valence-electron chi connectivity index (χ1n) is 6.17. The number of morpholine rings is 1. The Bertz CT molecular complexity index is 395. The first-order chi connectivity index (χ1) is 8.70. The number of aliphatic hydroxyl groups excluding tert-OH is 1. The van der Waals surface area contributed by atoms with Gasteiger partial charge in [-0.3, -0.25) is 4.90 Å². The highest BCUT2D eigenvalue weighted by molar-refractivity contribution is 5.26. The van der Waals surface area contributed by atoms with Gasteiger partial charge in [-0.05, 0) is 11.6 Å². The molecule has 1 saturated heterocycles. The Morgan fingerprint density at radius 2 is 2.11 bits per heavy atom. The van der Waals surface area contributed by atoms with Crippen molar-refractivity contribution in [2.75, 3.05) is 32.8 Å². The number of aliphatic hydroxyl groups is 1. The summed E-state index contributed by atoms with van der Waals surface area (Å²) < 4.78 is 19.1. The van der Waals surface area contributed by atoms with Crippen LogP contribution in [0.15, 0.2) is 18.2 Å². The van der Waals surface area contributed by atoms with Crippen LogP contribution in [0.3, 0.4) is 0 Å². The monoisotopic (exact) mass is 254 g/mol. The zero-order valence-corrected chi connectivity index (χ0v) is 10.3. The molecule has 100 valence electrons. The van der Waals surface area contributed by atoms with E-state index < -0.39 is 6.10 Å². The van der Waals surface area contributed by atoms with Crippen LogP contribution < -0.4 is 5.73 Å². The third-order valence-electron chi connectivity index (χ3n) is 3.18. The van der Waals surface area contributed by atoms with Crippen LogP contribution in [0.5, 0.6) is 0 Å². The smallest absolute Gasteiger partial charge is 0.128 e. The Kier molecular flexibility index (Phi) is 4.66. The third kappa shape index (κ3) is 3.26. The molecule has 1 aromatic rings. The molecule has 1 heterocycles. The number of nitrogens with zero attached hydrogens (tertiary/aromatic N) is 1. The highest BCUT2D eigenvalue weighted by Crippen LogP contribution is 2.18. The van der Waals surface area contributed by atoms with Crippen molar-refractivity contribution in [3.8, 4) is 0 Å². The van der Waals surface area contributed by atoms with E-state index in [2.05, 4.69) is 4.90 Å². The fourth-order valence-electron chi connectivity index (χ4n) is 2.04. The molecule has 0 spiro atoms. The van der Waals surface area contributed by atoms with Crippen LogP contribution in [-0.4, -0.2) is 42.9 Å². The summed E-state index contributed by atoms with van der Waals surface area (Å²) in [6, 6.07) is 4.82. The van der Waals surface area contributed by atoms with Crippen LogP contribution >= 0.6 is 0 Å². The quantitative estimate of drug-likeness (QED) is 0.828. The minimum absolute atomic E-state index is 0.0995. The van der Waals surface area contributed by atoms with Crippen molar-refractivity contribution in [3.63, 3.8) is 0 Å². The lowest BCUT2D eigenvalue weighted by Crippen LogP contribution is -2.35. The Hall–Kier alpha value is -1.01. The van der Waals surface area contributed by atoms with Gasteiger partial charge < -0.3 is 15.6 Å². The number of hydrogen-bond donors (Lipinski definition) is 2. The van der Waals surface area contributed by atoms with E-state index in [1.165, 1.54) is 6.07 Å². The molecule has 5 heteroatoms. The molecule has 0 saturated carbocycles. The molecule has 0 radical (unpaired) electrons. The van der Waals surface area contributed by atoms with Gasteiger partial charge in [0.25, 0.3) is 0 Å². The highest BCUT2D eigenvalue weighted by Gasteiger charge is 2.14. The molecule has 0 amide bonds. The molecule has 3 N–H and O–H groups in total. The molecule has 1 aliphatic heterocycles. The largest absolute Gasteiger partial charge is 0.387 e. The topological polar surface area (TPSA) is 58.7 Å². The minimum Gasteiger partial charge on any atom is -0.387 e. The molecule has 2 rings (SSSR count). The van der Waals surface area contributed by atoms with Crippen LogP contribution in [-0.2, 0) is 11.3 Å². The second-order valence-electron chi connectivity index (χ2n) is 4.49. The van der Waals surface area contributed by atoms with E-state index in [1.807, 2.05) is 0 Å². The van der Waals surface area contributed by atoms with E-state index in [0.29, 0.717) is 30.9 Å². The number of benzene rings is 1. The second kappa shape index (κ2) is 6.24. The molecular formula is C13H19FN2O2. The zero-order chi connectivity index (χ0) is 13.0. The van der Waals surface area contributed by atoms with Crippen LogP contribution in [0.1, 0.15) is 17.2 Å². The Morgan fingerprint density at radius 3 is 2.72 bits per heavy atom. The van der Waals surface area contributed by atoms with E-state index in [4.69, 9.17) is 10.5 Å². The number of hydrogen-bond acceptors (Lipinski definition) is 4. The van der Waals surface area contributed by atoms with Crippen molar-refractivity contribution in [2.45, 2.75) is 12.6 Å². The van der Waals surface area contributed by atoms with E-state index >= 15 is 0 Å². The van der Waals surface area contributed by atoms with Crippen molar-refractivity contribution >= 4 is 0 Å². The van der Waals surface area contributed by atoms with Crippen molar-refractivity contribution < 1.29 is 14.2 Å². The van der Waals surface area contributed by atoms with Gasteiger partial charge in [-0.2, -0.15) is 0 Å². The molecule has 1 fully saturated rings. The normalized spacial score (nSPS) is 18.8. The molecule has 1 unspecified atom stereocenters. The summed E-state index contributed by atoms with van der Waals surface area (Å²) >= 11 is 0. The maximum Gasteiger partial charge on any atom is 0.128 e. The lowest BCUT2D eigenvalue weighted by molar-refractivity contribution is 0.0337. The minimum atomic E-state index is -0.795. The Balaban J connectivity index is 2.04. The summed E-state index contributed by atoms with van der Waals surface area (Å²) in [5.74, 6) is -0.286. The molecule has 0 aliphatic carbocycles. The lowest BCUT2D eigenvalue weighted by atomic mass is 10.1. The van der Waals surface area contributed by atoms with Crippen LogP contribution in [0.25, 0.3) is 0 Å². The number of rotatable bonds is 4. The summed E-state index contributed by atoms with van der Waals surface area (Å²) in [5, 5.41) is 9.55. The van der Waals surface area contributed by atoms with Crippen LogP contribution in [0.2, 0.25) is 0 Å². The fourth-order valence-corrected chi connectivity index (χ4v) is 2.04. The van der Waals surface area contributed by atoms with Crippen LogP contribution in [0.4, 0.5) is 4.39 Å². The molecular weight excluding hydrogens is 235 g/mol. The van der Waals surface area contributed by atoms with E-state index in [0.717, 1.165) is 13.1 Å². The standard InChI is InChI=1S/C13H19FN2O2/c14-12-7-10(13(17)8-15)1-2-11(12)9-16-3-5-18-6-4-16/h1-2,7,13,17H,3-6,8-9,15H2. The number of nitrogens with two attached hydrogens (primary N) is 1. The molecule has 0 bridgehead atoms. The zero-order valence-electron chi connectivity index (χ0n) is 10.3. The van der Waals surface area contributed by atoms with Gasteiger partial charge in [0, 0.05) is 31.7 Å². The SMILES string of the molecule is NCC(O)c1ccc(CN2CCOCC2)c(F)c1. The summed E-state index contributed by atoms with van der Waals surface area (Å²) in [5.41, 5.74) is 6.52. The molecule has 1 aromatic carbocycles. The van der Waals surface area contributed by atoms with Gasteiger partial charge >= 0.3 is 0 Å². The van der Waals surface area contributed by atoms with Gasteiger partial charge in [0.1, 0.15) is 5.82 Å². The predicted octanol–water partition coefficient (Wildman–Crippen LogP) is 0.650. The van der Waals surface area contributed by atoms with Crippen molar-refractivity contribution in [2.24, 2.45) is 5.73 Å². The van der Waals surface area contributed by atoms with Crippen molar-refractivity contribution in [1.82, 2.24) is 4.90 Å². The molecule has 1 atom stereocenters. The molecule has 18 heavy (non-hydrogen) atoms. The maximum atomic E-state index is 13.9. The van der Waals surface area contributed by atoms with Gasteiger partial charge in [-0.1, -0.05) is 12.1 Å². The number of halogens is 1. The Morgan fingerprint density at radius 1 is 1.39 bits per heavy atom. The van der Waals surface area contributed by atoms with E-state index in [9.17, 15) is 9.50 Å². The van der Waals surface area contributed by atoms with Gasteiger partial charge in [-0.25, -0.2) is 4.39 Å². The first kappa shape index (κ1) is 13.4. The summed E-state index contributed by atoms with van der Waals surface area (Å²) in [6.07, 6.45) is -0.795. The fraction of sp³-hybridized carbons (Fsp3) is 0.538. The summed E-state index contributed by atoms with van der Waals surface area (Å²) in [6.45, 7) is 3.73. The average molecular weight is 254 g/mol. The van der Waals surface area contributed by atoms with Crippen LogP contribution in [0, 0.1) is 5.82 Å². The second-order valence-corrected chi connectivity index (χ2v) is 4.49.